The smallest absolute Gasteiger partial charge is 0.318 e. The highest BCUT2D eigenvalue weighted by Crippen LogP contribution is 2.21. The fraction of sp³-hybridized carbons (Fsp3) is 0.818. The van der Waals surface area contributed by atoms with E-state index in [1.807, 2.05) is 0 Å². The molecule has 1 aromatic rings. The molecule has 1 heterocycles. The summed E-state index contributed by atoms with van der Waals surface area (Å²) < 4.78 is 1.60. The lowest BCUT2D eigenvalue weighted by molar-refractivity contribution is -0.761. The number of unbranched alkanes of at least 4 members (excludes halogenated alkanes) is 12. The van der Waals surface area contributed by atoms with Crippen molar-refractivity contribution in [3.05, 3.63) is 18.2 Å². The molecule has 0 aliphatic rings. The monoisotopic (exact) mass is 381 g/mol. The number of nitrogens with one attached hydrogen (secondary N) is 1. The predicted octanol–water partition coefficient (Wildman–Crippen LogP) is 5.46. The van der Waals surface area contributed by atoms with E-state index >= 15 is 0 Å². The molecule has 2 atom stereocenters. The molecule has 0 aromatic carbocycles. The van der Waals surface area contributed by atoms with Gasteiger partial charge in [0.05, 0.1) is 0 Å². The number of carboxylic acid groups (broad SMARTS) is 1. The average molecular weight is 382 g/mol. The summed E-state index contributed by atoms with van der Waals surface area (Å²) >= 11 is 0. The number of carbonyl (C=O) groups is 1. The summed E-state index contributed by atoms with van der Waals surface area (Å²) in [5, 5.41) is 19.3. The number of imidazole rings is 1. The standard InChI is InChI=1S/C22H40N2O3/c1-3-4-5-6-7-8-9-10-11-12-13-14-15-16-20(22(26)27)21-23-17-18-24(21)19(2)25/h17-20,25H,3-16H2,1-2H3,(H,26,27)/p+1. The second kappa shape index (κ2) is 14.7. The van der Waals surface area contributed by atoms with Gasteiger partial charge in [-0.15, -0.1) is 0 Å². The number of hydrogen-bond donors (Lipinski definition) is 3. The van der Waals surface area contributed by atoms with Crippen molar-refractivity contribution < 1.29 is 19.6 Å². The number of H-pyrrole nitrogens is 1. The second-order valence-electron chi connectivity index (χ2n) is 7.81. The number of carboxylic acids is 1. The van der Waals surface area contributed by atoms with E-state index in [1.54, 1.807) is 23.9 Å². The van der Waals surface area contributed by atoms with Gasteiger partial charge in [-0.1, -0.05) is 90.4 Å². The van der Waals surface area contributed by atoms with Crippen LogP contribution < -0.4 is 4.57 Å². The molecule has 0 amide bonds. The Bertz CT molecular complexity index is 500. The van der Waals surface area contributed by atoms with Gasteiger partial charge in [0.15, 0.2) is 12.1 Å². The van der Waals surface area contributed by atoms with Crippen molar-refractivity contribution in [2.45, 2.75) is 116 Å². The van der Waals surface area contributed by atoms with Crippen molar-refractivity contribution in [3.63, 3.8) is 0 Å². The SMILES string of the molecule is CCCCCCCCCCCCCCCC(C(=O)O)c1[nH]cc[n+]1C(C)O. The van der Waals surface area contributed by atoms with E-state index in [2.05, 4.69) is 11.9 Å². The van der Waals surface area contributed by atoms with Crippen LogP contribution in [0, 0.1) is 0 Å². The lowest BCUT2D eigenvalue weighted by Crippen LogP contribution is -2.42. The van der Waals surface area contributed by atoms with Crippen molar-refractivity contribution in [2.24, 2.45) is 0 Å². The minimum atomic E-state index is -0.828. The molecule has 0 aliphatic heterocycles. The number of rotatable bonds is 17. The fourth-order valence-electron chi connectivity index (χ4n) is 3.71. The second-order valence-corrected chi connectivity index (χ2v) is 7.81. The van der Waals surface area contributed by atoms with E-state index in [0.717, 1.165) is 12.8 Å². The molecular weight excluding hydrogens is 340 g/mol. The van der Waals surface area contributed by atoms with Crippen LogP contribution in [-0.4, -0.2) is 21.2 Å². The van der Waals surface area contributed by atoms with Gasteiger partial charge in [-0.05, 0) is 6.42 Å². The first kappa shape index (κ1) is 23.7. The molecule has 1 rings (SSSR count). The highest BCUT2D eigenvalue weighted by Gasteiger charge is 2.30. The molecule has 5 heteroatoms. The van der Waals surface area contributed by atoms with Crippen LogP contribution in [-0.2, 0) is 4.79 Å². The van der Waals surface area contributed by atoms with E-state index in [9.17, 15) is 15.0 Å². The Labute approximate surface area is 165 Å². The summed E-state index contributed by atoms with van der Waals surface area (Å²) in [5.74, 6) is -0.829. The normalized spacial score (nSPS) is 13.6. The molecule has 3 N–H and O–H groups in total. The molecule has 0 saturated carbocycles. The predicted molar refractivity (Wildman–Crippen MR) is 109 cm³/mol. The van der Waals surface area contributed by atoms with Gasteiger partial charge in [0.2, 0.25) is 0 Å². The van der Waals surface area contributed by atoms with Gasteiger partial charge in [-0.3, -0.25) is 4.79 Å². The molecule has 0 bridgehead atoms. The quantitative estimate of drug-likeness (QED) is 0.248. The Balaban J connectivity index is 2.09. The van der Waals surface area contributed by atoms with Crippen molar-refractivity contribution >= 4 is 5.97 Å². The van der Waals surface area contributed by atoms with Crippen LogP contribution in [0.25, 0.3) is 0 Å². The third kappa shape index (κ3) is 9.94. The molecule has 1 aromatic heterocycles. The average Bonchev–Trinajstić information content (AvgIpc) is 3.11. The van der Waals surface area contributed by atoms with Gasteiger partial charge >= 0.3 is 5.97 Å². The van der Waals surface area contributed by atoms with Crippen molar-refractivity contribution in [1.29, 1.82) is 0 Å². The van der Waals surface area contributed by atoms with Crippen molar-refractivity contribution in [2.75, 3.05) is 0 Å². The molecule has 0 aliphatic carbocycles. The lowest BCUT2D eigenvalue weighted by Gasteiger charge is -2.11. The van der Waals surface area contributed by atoms with Gasteiger partial charge in [0, 0.05) is 6.92 Å². The maximum atomic E-state index is 11.6. The first-order valence-corrected chi connectivity index (χ1v) is 11.1. The number of aliphatic hydroxyl groups is 1. The van der Waals surface area contributed by atoms with Crippen LogP contribution in [0.2, 0.25) is 0 Å². The third-order valence-corrected chi connectivity index (χ3v) is 5.37. The Morgan fingerprint density at radius 1 is 0.963 bits per heavy atom. The van der Waals surface area contributed by atoms with Crippen LogP contribution in [0.3, 0.4) is 0 Å². The summed E-state index contributed by atoms with van der Waals surface area (Å²) in [5.41, 5.74) is 0. The summed E-state index contributed by atoms with van der Waals surface area (Å²) in [7, 11) is 0. The summed E-state index contributed by atoms with van der Waals surface area (Å²) in [6, 6.07) is 0. The number of aromatic amines is 1. The maximum absolute atomic E-state index is 11.6. The molecule has 0 fully saturated rings. The topological polar surface area (TPSA) is 77.2 Å². The largest absolute Gasteiger partial charge is 0.481 e. The van der Waals surface area contributed by atoms with E-state index in [0.29, 0.717) is 12.2 Å². The summed E-state index contributed by atoms with van der Waals surface area (Å²) in [6.45, 7) is 3.90. The first-order chi connectivity index (χ1) is 13.1. The Morgan fingerprint density at radius 3 is 1.89 bits per heavy atom. The number of hydrogen-bond acceptors (Lipinski definition) is 2. The Hall–Kier alpha value is -1.36. The van der Waals surface area contributed by atoms with E-state index in [-0.39, 0.29) is 0 Å². The maximum Gasteiger partial charge on any atom is 0.318 e. The number of nitrogens with zero attached hydrogens (tertiary/aromatic N) is 1. The van der Waals surface area contributed by atoms with Gasteiger partial charge in [-0.25, -0.2) is 9.55 Å². The molecule has 0 saturated heterocycles. The first-order valence-electron chi connectivity index (χ1n) is 11.1. The van der Waals surface area contributed by atoms with Gasteiger partial charge < -0.3 is 10.2 Å². The van der Waals surface area contributed by atoms with Gasteiger partial charge in [-0.2, -0.15) is 0 Å². The summed E-state index contributed by atoms with van der Waals surface area (Å²) in [6.07, 6.45) is 20.0. The summed E-state index contributed by atoms with van der Waals surface area (Å²) in [4.78, 5) is 14.6. The van der Waals surface area contributed by atoms with Gasteiger partial charge in [0.25, 0.3) is 5.82 Å². The lowest BCUT2D eigenvalue weighted by atomic mass is 9.99. The third-order valence-electron chi connectivity index (χ3n) is 5.37. The van der Waals surface area contributed by atoms with Gasteiger partial charge in [0.1, 0.15) is 12.4 Å². The highest BCUT2D eigenvalue weighted by atomic mass is 16.4. The molecule has 156 valence electrons. The Kier molecular flexibility index (Phi) is 12.9. The molecule has 0 spiro atoms. The Morgan fingerprint density at radius 2 is 1.44 bits per heavy atom. The van der Waals surface area contributed by atoms with Crippen LogP contribution in [0.15, 0.2) is 12.4 Å². The fourth-order valence-corrected chi connectivity index (χ4v) is 3.71. The molecule has 27 heavy (non-hydrogen) atoms. The number of aliphatic carboxylic acids is 1. The molecule has 5 nitrogen and oxygen atoms in total. The van der Waals surface area contributed by atoms with Crippen LogP contribution >= 0.6 is 0 Å². The minimum absolute atomic E-state index is 0.580. The number of aromatic nitrogens is 2. The van der Waals surface area contributed by atoms with Crippen LogP contribution in [0.4, 0.5) is 0 Å². The zero-order valence-corrected chi connectivity index (χ0v) is 17.5. The van der Waals surface area contributed by atoms with Crippen molar-refractivity contribution in [1.82, 2.24) is 4.98 Å². The van der Waals surface area contributed by atoms with E-state index in [4.69, 9.17) is 0 Å². The number of aliphatic hydroxyl groups excluding tert-OH is 1. The van der Waals surface area contributed by atoms with E-state index < -0.39 is 18.1 Å². The zero-order valence-electron chi connectivity index (χ0n) is 17.5. The van der Waals surface area contributed by atoms with E-state index in [1.165, 1.54) is 70.6 Å². The van der Waals surface area contributed by atoms with Crippen molar-refractivity contribution in [3.8, 4) is 0 Å². The zero-order chi connectivity index (χ0) is 19.9. The molecular formula is C22H41N2O3+. The molecule has 2 unspecified atom stereocenters. The van der Waals surface area contributed by atoms with Crippen LogP contribution in [0.1, 0.15) is 122 Å². The minimum Gasteiger partial charge on any atom is -0.481 e. The molecule has 0 radical (unpaired) electrons. The van der Waals surface area contributed by atoms with Crippen LogP contribution in [0.5, 0.6) is 0 Å². The highest BCUT2D eigenvalue weighted by molar-refractivity contribution is 5.74.